The summed E-state index contributed by atoms with van der Waals surface area (Å²) in [5.41, 5.74) is 1.84. The maximum atomic E-state index is 12.3. The van der Waals surface area contributed by atoms with E-state index in [9.17, 15) is 10.0 Å². The van der Waals surface area contributed by atoms with Crippen molar-refractivity contribution in [2.75, 3.05) is 13.1 Å². The van der Waals surface area contributed by atoms with Crippen LogP contribution in [0.15, 0.2) is 54.6 Å². The number of amides is 1. The van der Waals surface area contributed by atoms with Crippen LogP contribution >= 0.6 is 22.6 Å². The molecular weight excluding hydrogens is 467 g/mol. The van der Waals surface area contributed by atoms with Crippen molar-refractivity contribution in [2.45, 2.75) is 39.8 Å². The zero-order chi connectivity index (χ0) is 20.6. The van der Waals surface area contributed by atoms with Crippen LogP contribution < -0.4 is 5.32 Å². The molecule has 0 aliphatic rings. The van der Waals surface area contributed by atoms with Crippen LogP contribution in [0, 0.1) is 8.99 Å². The minimum Gasteiger partial charge on any atom is -0.439 e. The van der Waals surface area contributed by atoms with Gasteiger partial charge in [-0.15, -0.1) is 0 Å². The van der Waals surface area contributed by atoms with Gasteiger partial charge in [-0.3, -0.25) is 5.21 Å². The van der Waals surface area contributed by atoms with Gasteiger partial charge in [-0.2, -0.15) is 5.06 Å². The first-order valence-electron chi connectivity index (χ1n) is 9.44. The number of ether oxygens (including phenoxy) is 1. The molecule has 0 fully saturated rings. The van der Waals surface area contributed by atoms with Crippen LogP contribution in [0.3, 0.4) is 0 Å². The molecule has 1 atom stereocenters. The summed E-state index contributed by atoms with van der Waals surface area (Å²) in [4.78, 5) is 12.3. The molecule has 2 N–H and O–H groups in total. The summed E-state index contributed by atoms with van der Waals surface area (Å²) in [6, 6.07) is 17.9. The highest BCUT2D eigenvalue weighted by atomic mass is 127. The van der Waals surface area contributed by atoms with Crippen LogP contribution in [-0.4, -0.2) is 29.5 Å². The average Bonchev–Trinajstić information content (AvgIpc) is 2.65. The molecule has 0 saturated carbocycles. The topological polar surface area (TPSA) is 61.8 Å². The van der Waals surface area contributed by atoms with Gasteiger partial charge in [0.25, 0.3) is 0 Å². The maximum Gasteiger partial charge on any atom is 0.434 e. The van der Waals surface area contributed by atoms with Gasteiger partial charge in [-0.1, -0.05) is 63.2 Å². The van der Waals surface area contributed by atoms with Crippen LogP contribution in [0.5, 0.6) is 0 Å². The molecule has 0 aliphatic carbocycles. The molecule has 0 radical (unpaired) electrons. The molecule has 2 aromatic rings. The van der Waals surface area contributed by atoms with Crippen LogP contribution in [0.4, 0.5) is 4.79 Å². The fraction of sp³-hybridized carbons (Fsp3) is 0.409. The zero-order valence-electron chi connectivity index (χ0n) is 16.7. The number of benzene rings is 2. The summed E-state index contributed by atoms with van der Waals surface area (Å²) in [5.74, 6) is 0. The predicted octanol–water partition coefficient (Wildman–Crippen LogP) is 5.39. The summed E-state index contributed by atoms with van der Waals surface area (Å²) in [7, 11) is 0. The van der Waals surface area contributed by atoms with E-state index in [1.165, 1.54) is 9.13 Å². The Morgan fingerprint density at radius 1 is 1.18 bits per heavy atom. The van der Waals surface area contributed by atoms with Crippen molar-refractivity contribution in [3.8, 4) is 0 Å². The summed E-state index contributed by atoms with van der Waals surface area (Å²) in [6.45, 7) is 7.69. The quantitative estimate of drug-likeness (QED) is 0.223. The summed E-state index contributed by atoms with van der Waals surface area (Å²) < 4.78 is 6.82. The number of hydroxylamine groups is 2. The number of rotatable bonds is 8. The van der Waals surface area contributed by atoms with Crippen molar-refractivity contribution in [1.29, 1.82) is 0 Å². The Hall–Kier alpha value is -1.64. The van der Waals surface area contributed by atoms with Gasteiger partial charge in [0, 0.05) is 15.5 Å². The fourth-order valence-corrected chi connectivity index (χ4v) is 3.47. The number of hydrogen-bond acceptors (Lipinski definition) is 4. The van der Waals surface area contributed by atoms with E-state index in [-0.39, 0.29) is 12.0 Å². The van der Waals surface area contributed by atoms with E-state index in [1.807, 2.05) is 57.2 Å². The number of halogens is 1. The second kappa shape index (κ2) is 10.8. The lowest BCUT2D eigenvalue weighted by Crippen LogP contribution is -2.34. The zero-order valence-corrected chi connectivity index (χ0v) is 18.8. The lowest BCUT2D eigenvalue weighted by molar-refractivity contribution is -0.0959. The van der Waals surface area contributed by atoms with Crippen molar-refractivity contribution >= 4 is 28.7 Å². The van der Waals surface area contributed by atoms with Gasteiger partial charge in [-0.05, 0) is 58.8 Å². The Kier molecular flexibility index (Phi) is 8.72. The van der Waals surface area contributed by atoms with Crippen molar-refractivity contribution in [1.82, 2.24) is 10.4 Å². The highest BCUT2D eigenvalue weighted by Crippen LogP contribution is 2.36. The molecule has 152 valence electrons. The van der Waals surface area contributed by atoms with E-state index in [0.717, 1.165) is 12.1 Å². The molecule has 6 heteroatoms. The lowest BCUT2D eigenvalue weighted by Gasteiger charge is -2.31. The Balaban J connectivity index is 1.78. The standard InChI is InChI=1S/C22H29IN2O3/c1-22(2,3)20(18-10-5-4-6-11-18)28-21(26)25(27)14-8-13-24-16-17-9-7-12-19(23)15-17/h4-7,9-12,15,20,24,27H,8,13-14,16H2,1-3H3. The van der Waals surface area contributed by atoms with Crippen LogP contribution in [0.2, 0.25) is 0 Å². The van der Waals surface area contributed by atoms with Gasteiger partial charge in [0.15, 0.2) is 0 Å². The van der Waals surface area contributed by atoms with Gasteiger partial charge in [0.1, 0.15) is 6.10 Å². The molecule has 0 aliphatic heterocycles. The second-order valence-electron chi connectivity index (χ2n) is 7.82. The second-order valence-corrected chi connectivity index (χ2v) is 9.07. The van der Waals surface area contributed by atoms with Gasteiger partial charge >= 0.3 is 6.09 Å². The first-order chi connectivity index (χ1) is 13.3. The minimum absolute atomic E-state index is 0.212. The number of nitrogens with zero attached hydrogens (tertiary/aromatic N) is 1. The molecule has 28 heavy (non-hydrogen) atoms. The largest absolute Gasteiger partial charge is 0.439 e. The van der Waals surface area contributed by atoms with Crippen LogP contribution in [0.25, 0.3) is 0 Å². The molecule has 1 unspecified atom stereocenters. The molecule has 2 aromatic carbocycles. The number of carbonyl (C=O) groups excluding carboxylic acids is 1. The van der Waals surface area contributed by atoms with E-state index < -0.39 is 12.2 Å². The highest BCUT2D eigenvalue weighted by Gasteiger charge is 2.31. The molecular formula is C22H29IN2O3. The summed E-state index contributed by atoms with van der Waals surface area (Å²) in [5, 5.41) is 14.0. The van der Waals surface area contributed by atoms with Gasteiger partial charge in [0.05, 0.1) is 6.54 Å². The first-order valence-corrected chi connectivity index (χ1v) is 10.5. The van der Waals surface area contributed by atoms with Gasteiger partial charge in [0.2, 0.25) is 0 Å². The fourth-order valence-electron chi connectivity index (χ4n) is 2.86. The Morgan fingerprint density at radius 2 is 1.89 bits per heavy atom. The molecule has 5 nitrogen and oxygen atoms in total. The van der Waals surface area contributed by atoms with E-state index in [1.54, 1.807) is 0 Å². The summed E-state index contributed by atoms with van der Waals surface area (Å²) >= 11 is 2.29. The molecule has 0 spiro atoms. The van der Waals surface area contributed by atoms with Crippen LogP contribution in [-0.2, 0) is 11.3 Å². The first kappa shape index (κ1) is 22.6. The van der Waals surface area contributed by atoms with E-state index >= 15 is 0 Å². The van der Waals surface area contributed by atoms with Crippen molar-refractivity contribution in [3.63, 3.8) is 0 Å². The van der Waals surface area contributed by atoms with Gasteiger partial charge < -0.3 is 10.1 Å². The number of nitrogens with one attached hydrogen (secondary N) is 1. The molecule has 2 rings (SSSR count). The maximum absolute atomic E-state index is 12.3. The SMILES string of the molecule is CC(C)(C)C(OC(=O)N(O)CCCNCc1cccc(I)c1)c1ccccc1. The summed E-state index contributed by atoms with van der Waals surface area (Å²) in [6.07, 6.45) is -0.531. The Morgan fingerprint density at radius 3 is 2.54 bits per heavy atom. The van der Waals surface area contributed by atoms with Gasteiger partial charge in [-0.25, -0.2) is 4.79 Å². The third kappa shape index (κ3) is 7.41. The normalized spacial score (nSPS) is 12.5. The monoisotopic (exact) mass is 496 g/mol. The van der Waals surface area contributed by atoms with E-state index in [4.69, 9.17) is 4.74 Å². The lowest BCUT2D eigenvalue weighted by atomic mass is 9.84. The number of hydrogen-bond donors (Lipinski definition) is 2. The smallest absolute Gasteiger partial charge is 0.434 e. The highest BCUT2D eigenvalue weighted by molar-refractivity contribution is 14.1. The minimum atomic E-state index is -0.721. The van der Waals surface area contributed by atoms with Crippen molar-refractivity contribution < 1.29 is 14.7 Å². The van der Waals surface area contributed by atoms with E-state index in [2.05, 4.69) is 46.1 Å². The average molecular weight is 496 g/mol. The van der Waals surface area contributed by atoms with Crippen molar-refractivity contribution in [2.24, 2.45) is 5.41 Å². The third-order valence-corrected chi connectivity index (χ3v) is 4.93. The molecule has 0 saturated heterocycles. The Bertz CT molecular complexity index is 747. The molecule has 0 aromatic heterocycles. The predicted molar refractivity (Wildman–Crippen MR) is 119 cm³/mol. The molecule has 1 amide bonds. The van der Waals surface area contributed by atoms with Crippen molar-refractivity contribution in [3.05, 3.63) is 69.3 Å². The van der Waals surface area contributed by atoms with E-state index in [0.29, 0.717) is 18.0 Å². The third-order valence-electron chi connectivity index (χ3n) is 4.26. The number of carbonyl (C=O) groups is 1. The molecule has 0 bridgehead atoms. The van der Waals surface area contributed by atoms with Crippen LogP contribution in [0.1, 0.15) is 44.4 Å². The Labute approximate surface area is 181 Å². The molecule has 0 heterocycles.